The summed E-state index contributed by atoms with van der Waals surface area (Å²) in [5, 5.41) is 2.72. The van der Waals surface area contributed by atoms with Crippen LogP contribution in [0.3, 0.4) is 0 Å². The molecule has 1 amide bonds. The second kappa shape index (κ2) is 9.07. The first-order valence-electron chi connectivity index (χ1n) is 9.85. The zero-order valence-corrected chi connectivity index (χ0v) is 17.2. The standard InChI is InChI=1S/C23H24FN3O3/c1-4-5-6-25-19(29)10-15-9-18(28)21(22(15)30)20-13(2)7-16(8-14(20)3)23-26-11-17(24)12-27-23/h4-5,7-8,11-12,15,21H,6,9-10H2,1-3H3,(H,25,29)/b5-4+. The first-order chi connectivity index (χ1) is 14.3. The van der Waals surface area contributed by atoms with E-state index in [0.29, 0.717) is 23.5 Å². The van der Waals surface area contributed by atoms with Crippen LogP contribution in [-0.4, -0.2) is 34.0 Å². The van der Waals surface area contributed by atoms with Gasteiger partial charge in [0.05, 0.1) is 12.4 Å². The highest BCUT2D eigenvalue weighted by molar-refractivity contribution is 6.15. The Labute approximate surface area is 174 Å². The number of ketones is 2. The Hall–Kier alpha value is -3.22. The number of carbonyl (C=O) groups excluding carboxylic acids is 3. The fourth-order valence-corrected chi connectivity index (χ4v) is 3.94. The van der Waals surface area contributed by atoms with E-state index >= 15 is 0 Å². The van der Waals surface area contributed by atoms with Crippen molar-refractivity contribution in [3.63, 3.8) is 0 Å². The molecule has 1 saturated carbocycles. The lowest BCUT2D eigenvalue weighted by atomic mass is 9.86. The molecule has 1 aromatic carbocycles. The Kier molecular flexibility index (Phi) is 6.50. The van der Waals surface area contributed by atoms with Gasteiger partial charge in [0.15, 0.2) is 17.4 Å². The van der Waals surface area contributed by atoms with Crippen LogP contribution in [0, 0.1) is 25.6 Å². The summed E-state index contributed by atoms with van der Waals surface area (Å²) in [5.41, 5.74) is 2.89. The minimum atomic E-state index is -0.860. The summed E-state index contributed by atoms with van der Waals surface area (Å²) in [7, 11) is 0. The van der Waals surface area contributed by atoms with Crippen molar-refractivity contribution in [3.05, 3.63) is 59.2 Å². The Morgan fingerprint density at radius 2 is 1.83 bits per heavy atom. The van der Waals surface area contributed by atoms with E-state index in [1.165, 1.54) is 0 Å². The van der Waals surface area contributed by atoms with Gasteiger partial charge >= 0.3 is 0 Å². The highest BCUT2D eigenvalue weighted by Gasteiger charge is 2.43. The van der Waals surface area contributed by atoms with Crippen LogP contribution in [0.15, 0.2) is 36.7 Å². The molecule has 2 atom stereocenters. The van der Waals surface area contributed by atoms with Crippen molar-refractivity contribution in [1.82, 2.24) is 15.3 Å². The van der Waals surface area contributed by atoms with Gasteiger partial charge in [-0.15, -0.1) is 0 Å². The second-order valence-corrected chi connectivity index (χ2v) is 7.53. The lowest BCUT2D eigenvalue weighted by Crippen LogP contribution is -2.27. The topological polar surface area (TPSA) is 89.0 Å². The van der Waals surface area contributed by atoms with E-state index in [2.05, 4.69) is 15.3 Å². The molecule has 156 valence electrons. The number of halogens is 1. The van der Waals surface area contributed by atoms with E-state index in [4.69, 9.17) is 0 Å². The Morgan fingerprint density at radius 3 is 2.43 bits per heavy atom. The molecule has 1 fully saturated rings. The molecule has 0 saturated heterocycles. The number of carbonyl (C=O) groups is 3. The van der Waals surface area contributed by atoms with Gasteiger partial charge < -0.3 is 5.32 Å². The first kappa shape index (κ1) is 21.5. The molecule has 2 aromatic rings. The quantitative estimate of drug-likeness (QED) is 0.585. The largest absolute Gasteiger partial charge is 0.353 e. The SMILES string of the molecule is C/C=C/CNC(=O)CC1CC(=O)C(c2c(C)cc(-c3ncc(F)cn3)cc2C)C1=O. The zero-order chi connectivity index (χ0) is 21.8. The highest BCUT2D eigenvalue weighted by Crippen LogP contribution is 2.38. The molecule has 2 unspecified atom stereocenters. The maximum Gasteiger partial charge on any atom is 0.220 e. The van der Waals surface area contributed by atoms with Gasteiger partial charge in [0.25, 0.3) is 0 Å². The number of hydrogen-bond donors (Lipinski definition) is 1. The van der Waals surface area contributed by atoms with Gasteiger partial charge in [-0.05, 0) is 49.6 Å². The molecule has 7 heteroatoms. The van der Waals surface area contributed by atoms with Crippen molar-refractivity contribution in [3.8, 4) is 11.4 Å². The lowest BCUT2D eigenvalue weighted by molar-refractivity contribution is -0.128. The van der Waals surface area contributed by atoms with Gasteiger partial charge in [0, 0.05) is 30.9 Å². The predicted octanol–water partition coefficient (Wildman–Crippen LogP) is 3.22. The van der Waals surface area contributed by atoms with Crippen molar-refractivity contribution < 1.29 is 18.8 Å². The minimum absolute atomic E-state index is 0.0121. The molecule has 3 rings (SSSR count). The highest BCUT2D eigenvalue weighted by atomic mass is 19.1. The van der Waals surface area contributed by atoms with E-state index < -0.39 is 17.7 Å². The number of allylic oxidation sites excluding steroid dienone is 1. The normalized spacial score (nSPS) is 18.9. The fraction of sp³-hybridized carbons (Fsp3) is 0.348. The van der Waals surface area contributed by atoms with Crippen LogP contribution in [-0.2, 0) is 14.4 Å². The Balaban J connectivity index is 1.83. The summed E-state index contributed by atoms with van der Waals surface area (Å²) >= 11 is 0. The molecule has 1 N–H and O–H groups in total. The molecule has 0 spiro atoms. The summed E-state index contributed by atoms with van der Waals surface area (Å²) < 4.78 is 13.1. The smallest absolute Gasteiger partial charge is 0.220 e. The van der Waals surface area contributed by atoms with Crippen molar-refractivity contribution in [1.29, 1.82) is 0 Å². The lowest BCUT2D eigenvalue weighted by Gasteiger charge is -2.17. The van der Waals surface area contributed by atoms with E-state index in [0.717, 1.165) is 23.5 Å². The number of nitrogens with one attached hydrogen (secondary N) is 1. The number of aromatic nitrogens is 2. The number of nitrogens with zero attached hydrogens (tertiary/aromatic N) is 2. The van der Waals surface area contributed by atoms with Gasteiger partial charge in [0.2, 0.25) is 5.91 Å². The van der Waals surface area contributed by atoms with Crippen molar-refractivity contribution in [2.45, 2.75) is 39.5 Å². The summed E-state index contributed by atoms with van der Waals surface area (Å²) in [6, 6.07) is 3.60. The van der Waals surface area contributed by atoms with Crippen LogP contribution < -0.4 is 5.32 Å². The number of Topliss-reactive ketones (excluding diaryl/α,β-unsaturated/α-hetero) is 2. The molecule has 1 aliphatic carbocycles. The fourth-order valence-electron chi connectivity index (χ4n) is 3.94. The predicted molar refractivity (Wildman–Crippen MR) is 110 cm³/mol. The Morgan fingerprint density at radius 1 is 1.20 bits per heavy atom. The van der Waals surface area contributed by atoms with Crippen molar-refractivity contribution >= 4 is 17.5 Å². The monoisotopic (exact) mass is 409 g/mol. The van der Waals surface area contributed by atoms with Gasteiger partial charge in [-0.2, -0.15) is 0 Å². The van der Waals surface area contributed by atoms with Gasteiger partial charge in [0.1, 0.15) is 11.7 Å². The third-order valence-electron chi connectivity index (χ3n) is 5.30. The number of benzene rings is 1. The molecule has 6 nitrogen and oxygen atoms in total. The molecule has 0 radical (unpaired) electrons. The van der Waals surface area contributed by atoms with Gasteiger partial charge in [-0.25, -0.2) is 14.4 Å². The number of hydrogen-bond acceptors (Lipinski definition) is 5. The number of aryl methyl sites for hydroxylation is 2. The third-order valence-corrected chi connectivity index (χ3v) is 5.30. The van der Waals surface area contributed by atoms with Crippen LogP contribution >= 0.6 is 0 Å². The maximum absolute atomic E-state index is 13.1. The molecule has 0 bridgehead atoms. The van der Waals surface area contributed by atoms with E-state index in [-0.39, 0.29) is 30.3 Å². The molecule has 1 aromatic heterocycles. The van der Waals surface area contributed by atoms with Crippen molar-refractivity contribution in [2.24, 2.45) is 5.92 Å². The number of rotatable bonds is 6. The zero-order valence-electron chi connectivity index (χ0n) is 17.2. The van der Waals surface area contributed by atoms with Crippen molar-refractivity contribution in [2.75, 3.05) is 6.54 Å². The molecule has 1 heterocycles. The van der Waals surface area contributed by atoms with Crippen LogP contribution in [0.25, 0.3) is 11.4 Å². The summed E-state index contributed by atoms with van der Waals surface area (Å²) in [5.74, 6) is -2.23. The van der Waals surface area contributed by atoms with E-state index in [1.807, 2.05) is 26.8 Å². The minimum Gasteiger partial charge on any atom is -0.353 e. The molecular weight excluding hydrogens is 385 g/mol. The molecule has 30 heavy (non-hydrogen) atoms. The Bertz CT molecular complexity index is 992. The van der Waals surface area contributed by atoms with Crippen LogP contribution in [0.4, 0.5) is 4.39 Å². The molecular formula is C23H24FN3O3. The van der Waals surface area contributed by atoms with Crippen LogP contribution in [0.2, 0.25) is 0 Å². The van der Waals surface area contributed by atoms with E-state index in [9.17, 15) is 18.8 Å². The van der Waals surface area contributed by atoms with Gasteiger partial charge in [-0.3, -0.25) is 14.4 Å². The van der Waals surface area contributed by atoms with Gasteiger partial charge in [-0.1, -0.05) is 12.2 Å². The summed E-state index contributed by atoms with van der Waals surface area (Å²) in [6.45, 7) is 5.91. The van der Waals surface area contributed by atoms with Crippen LogP contribution in [0.5, 0.6) is 0 Å². The molecule has 0 aliphatic heterocycles. The summed E-state index contributed by atoms with van der Waals surface area (Å²) in [6.07, 6.45) is 5.91. The average molecular weight is 409 g/mol. The average Bonchev–Trinajstić information content (AvgIpc) is 2.96. The first-order valence-corrected chi connectivity index (χ1v) is 9.85. The van der Waals surface area contributed by atoms with Crippen LogP contribution in [0.1, 0.15) is 42.4 Å². The van der Waals surface area contributed by atoms with E-state index in [1.54, 1.807) is 18.2 Å². The maximum atomic E-state index is 13.1. The number of amides is 1. The third kappa shape index (κ3) is 4.50. The summed E-state index contributed by atoms with van der Waals surface area (Å²) in [4.78, 5) is 45.8. The molecule has 1 aliphatic rings. The second-order valence-electron chi connectivity index (χ2n) is 7.53.